The number of hydrogen-bond donors (Lipinski definition) is 1. The van der Waals surface area contributed by atoms with Crippen molar-refractivity contribution in [3.05, 3.63) is 34.9 Å². The number of aliphatic hydroxyl groups is 1. The van der Waals surface area contributed by atoms with E-state index < -0.39 is 15.1 Å². The molecule has 4 aliphatic rings. The first-order chi connectivity index (χ1) is 15.0. The molecule has 0 bridgehead atoms. The molecular formula is C28H44O3S. The number of fused-ring (bicyclic) bond motifs is 1. The molecule has 0 radical (unpaired) electrons. The Morgan fingerprint density at radius 3 is 2.53 bits per heavy atom. The van der Waals surface area contributed by atoms with Crippen LogP contribution >= 0.6 is 0 Å². The largest absolute Gasteiger partial charge is 0.393 e. The molecule has 2 fully saturated rings. The van der Waals surface area contributed by atoms with E-state index >= 15 is 0 Å². The lowest BCUT2D eigenvalue weighted by molar-refractivity contribution is 0.111. The molecule has 3 nitrogen and oxygen atoms in total. The molecule has 0 unspecified atom stereocenters. The highest BCUT2D eigenvalue weighted by atomic mass is 32.2. The molecule has 32 heavy (non-hydrogen) atoms. The first-order valence-electron chi connectivity index (χ1n) is 13.0. The van der Waals surface area contributed by atoms with Crippen LogP contribution in [0, 0.1) is 35.0 Å². The van der Waals surface area contributed by atoms with E-state index in [1.54, 1.807) is 0 Å². The van der Waals surface area contributed by atoms with E-state index in [9.17, 15) is 13.5 Å². The minimum absolute atomic E-state index is 0.212. The zero-order valence-corrected chi connectivity index (χ0v) is 21.6. The molecule has 2 saturated carbocycles. The molecule has 0 spiro atoms. The highest BCUT2D eigenvalue weighted by Crippen LogP contribution is 2.60. The lowest BCUT2D eigenvalue weighted by atomic mass is 9.61. The lowest BCUT2D eigenvalue weighted by Crippen LogP contribution is -2.36. The maximum Gasteiger partial charge on any atom is 0.164 e. The van der Waals surface area contributed by atoms with Crippen LogP contribution < -0.4 is 0 Å². The summed E-state index contributed by atoms with van der Waals surface area (Å²) in [4.78, 5) is 0. The topological polar surface area (TPSA) is 54.4 Å². The van der Waals surface area contributed by atoms with Gasteiger partial charge in [-0.25, -0.2) is 8.42 Å². The molecule has 0 aromatic heterocycles. The highest BCUT2D eigenvalue weighted by Gasteiger charge is 2.51. The third kappa shape index (κ3) is 4.43. The van der Waals surface area contributed by atoms with Crippen molar-refractivity contribution in [2.24, 2.45) is 35.0 Å². The minimum Gasteiger partial charge on any atom is -0.393 e. The van der Waals surface area contributed by atoms with E-state index in [0.29, 0.717) is 42.4 Å². The monoisotopic (exact) mass is 460 g/mol. The molecule has 180 valence electrons. The highest BCUT2D eigenvalue weighted by molar-refractivity contribution is 7.92. The van der Waals surface area contributed by atoms with Crippen LogP contribution in [-0.2, 0) is 9.84 Å². The molecule has 1 heterocycles. The Morgan fingerprint density at radius 1 is 1.06 bits per heavy atom. The smallest absolute Gasteiger partial charge is 0.164 e. The lowest BCUT2D eigenvalue weighted by Gasteiger charge is -2.44. The molecule has 0 aromatic carbocycles. The number of allylic oxidation sites excluding steroid dienone is 3. The minimum atomic E-state index is -3.17. The quantitative estimate of drug-likeness (QED) is 0.493. The van der Waals surface area contributed by atoms with Gasteiger partial charge >= 0.3 is 0 Å². The second-order valence-electron chi connectivity index (χ2n) is 11.9. The Bertz CT molecular complexity index is 909. The van der Waals surface area contributed by atoms with Crippen LogP contribution in [0.3, 0.4) is 0 Å². The van der Waals surface area contributed by atoms with Crippen molar-refractivity contribution in [2.45, 2.75) is 97.3 Å². The van der Waals surface area contributed by atoms with Crippen LogP contribution in [0.15, 0.2) is 34.9 Å². The second-order valence-corrected chi connectivity index (χ2v) is 14.1. The normalized spacial score (nSPS) is 40.2. The van der Waals surface area contributed by atoms with Crippen LogP contribution in [0.4, 0.5) is 0 Å². The van der Waals surface area contributed by atoms with Gasteiger partial charge in [0.15, 0.2) is 9.84 Å². The van der Waals surface area contributed by atoms with Crippen LogP contribution in [0.5, 0.6) is 0 Å². The summed E-state index contributed by atoms with van der Waals surface area (Å²) in [6.45, 7) is 11.8. The fraction of sp³-hybridized carbons (Fsp3) is 0.786. The molecule has 1 aliphatic heterocycles. The molecule has 3 aliphatic carbocycles. The molecular weight excluding hydrogens is 416 g/mol. The van der Waals surface area contributed by atoms with Crippen LogP contribution in [0.2, 0.25) is 0 Å². The maximum absolute atomic E-state index is 13.1. The van der Waals surface area contributed by atoms with Gasteiger partial charge < -0.3 is 5.11 Å². The Labute approximate surface area is 196 Å². The summed E-state index contributed by atoms with van der Waals surface area (Å²) in [6.07, 6.45) is 14.5. The van der Waals surface area contributed by atoms with Crippen LogP contribution in [0.1, 0.15) is 86.0 Å². The average molecular weight is 461 g/mol. The van der Waals surface area contributed by atoms with Gasteiger partial charge in [-0.15, -0.1) is 0 Å². The van der Waals surface area contributed by atoms with Gasteiger partial charge in [0.1, 0.15) is 5.25 Å². The summed E-state index contributed by atoms with van der Waals surface area (Å²) in [6, 6.07) is 0. The number of aliphatic hydroxyl groups excluding tert-OH is 1. The zero-order valence-electron chi connectivity index (χ0n) is 20.8. The van der Waals surface area contributed by atoms with Gasteiger partial charge in [0.2, 0.25) is 0 Å². The van der Waals surface area contributed by atoms with Crippen molar-refractivity contribution in [3.63, 3.8) is 0 Å². The van der Waals surface area contributed by atoms with Crippen LogP contribution in [0.25, 0.3) is 0 Å². The predicted molar refractivity (Wildman–Crippen MR) is 133 cm³/mol. The van der Waals surface area contributed by atoms with Crippen molar-refractivity contribution in [3.8, 4) is 0 Å². The predicted octanol–water partition coefficient (Wildman–Crippen LogP) is 6.25. The molecule has 0 saturated heterocycles. The Hall–Kier alpha value is -0.870. The van der Waals surface area contributed by atoms with Crippen molar-refractivity contribution in [2.75, 3.05) is 5.75 Å². The van der Waals surface area contributed by atoms with Gasteiger partial charge in [0, 0.05) is 0 Å². The van der Waals surface area contributed by atoms with Gasteiger partial charge in [-0.05, 0) is 91.9 Å². The summed E-state index contributed by atoms with van der Waals surface area (Å²) in [7, 11) is -3.17. The third-order valence-corrected chi connectivity index (χ3v) is 11.5. The van der Waals surface area contributed by atoms with E-state index in [1.807, 2.05) is 0 Å². The number of hydrogen-bond acceptors (Lipinski definition) is 3. The first kappa shape index (κ1) is 24.3. The van der Waals surface area contributed by atoms with Crippen molar-refractivity contribution >= 4 is 9.84 Å². The maximum atomic E-state index is 13.1. The molecule has 4 rings (SSSR count). The first-order valence-corrected chi connectivity index (χ1v) is 14.7. The van der Waals surface area contributed by atoms with Gasteiger partial charge in [0.05, 0.1) is 11.9 Å². The summed E-state index contributed by atoms with van der Waals surface area (Å²) in [5, 5.41) is 9.73. The Balaban J connectivity index is 1.58. The summed E-state index contributed by atoms with van der Waals surface area (Å²) < 4.78 is 26.2. The zero-order chi connectivity index (χ0) is 23.3. The molecule has 7 atom stereocenters. The second kappa shape index (κ2) is 9.06. The molecule has 1 N–H and O–H groups in total. The van der Waals surface area contributed by atoms with E-state index in [-0.39, 0.29) is 17.3 Å². The van der Waals surface area contributed by atoms with Crippen molar-refractivity contribution in [1.82, 2.24) is 0 Å². The van der Waals surface area contributed by atoms with E-state index in [4.69, 9.17) is 0 Å². The van der Waals surface area contributed by atoms with Crippen molar-refractivity contribution < 1.29 is 13.5 Å². The standard InChI is InChI=1S/C28H44O3S/c1-18(2)19(3)8-9-20(4)25-12-13-26-21(7-6-14-28(25,26)5)15-27-24-16-23(29)11-10-22(24)17-32(27,30)31/h8-9,15,18-20,23,25-27,29H,6-7,10-14,16-17H2,1-5H3/b9-8+,21-15+/t19-,20+,23-,25+,26-,27-,28+/m0/s1. The van der Waals surface area contributed by atoms with Gasteiger partial charge in [0.25, 0.3) is 0 Å². The van der Waals surface area contributed by atoms with Gasteiger partial charge in [-0.2, -0.15) is 0 Å². The Kier molecular flexibility index (Phi) is 6.87. The summed E-state index contributed by atoms with van der Waals surface area (Å²) in [5.41, 5.74) is 3.78. The van der Waals surface area contributed by atoms with E-state index in [2.05, 4.69) is 52.8 Å². The Morgan fingerprint density at radius 2 is 1.81 bits per heavy atom. The molecule has 0 aromatic rings. The number of rotatable bonds is 5. The SMILES string of the molecule is CC(C)[C@@H](C)/C=C/[C@@H](C)[C@H]1CC[C@H]2/C(=C/[C@H]3C4=C(CC[C@H](O)C4)CS3(=O)=O)CCC[C@]12C. The van der Waals surface area contributed by atoms with Gasteiger partial charge in [-0.1, -0.05) is 64.0 Å². The summed E-state index contributed by atoms with van der Waals surface area (Å²) >= 11 is 0. The fourth-order valence-corrected chi connectivity index (χ4v) is 9.36. The van der Waals surface area contributed by atoms with Gasteiger partial charge in [-0.3, -0.25) is 0 Å². The molecule has 0 amide bonds. The number of sulfone groups is 1. The van der Waals surface area contributed by atoms with Crippen molar-refractivity contribution in [1.29, 1.82) is 0 Å². The average Bonchev–Trinajstić information content (AvgIpc) is 3.20. The summed E-state index contributed by atoms with van der Waals surface area (Å²) in [5.74, 6) is 3.21. The fourth-order valence-electron chi connectivity index (χ4n) is 7.28. The van der Waals surface area contributed by atoms with Crippen LogP contribution in [-0.4, -0.2) is 30.6 Å². The van der Waals surface area contributed by atoms with E-state index in [0.717, 1.165) is 30.4 Å². The van der Waals surface area contributed by atoms with E-state index in [1.165, 1.54) is 24.8 Å². The molecule has 4 heteroatoms. The third-order valence-electron chi connectivity index (χ3n) is 9.60.